The van der Waals surface area contributed by atoms with E-state index < -0.39 is 5.91 Å². The molecule has 0 saturated heterocycles. The molecule has 1 aliphatic heterocycles. The molecular formula is C19H18N4O4. The maximum atomic E-state index is 12.3. The molecule has 27 heavy (non-hydrogen) atoms. The van der Waals surface area contributed by atoms with Crippen LogP contribution in [0, 0.1) is 6.92 Å². The molecule has 0 radical (unpaired) electrons. The van der Waals surface area contributed by atoms with E-state index in [1.54, 1.807) is 14.0 Å². The van der Waals surface area contributed by atoms with Gasteiger partial charge in [-0.15, -0.1) is 0 Å². The zero-order chi connectivity index (χ0) is 18.8. The predicted octanol–water partition coefficient (Wildman–Crippen LogP) is 2.99. The maximum Gasteiger partial charge on any atom is 0.294 e. The Morgan fingerprint density at radius 3 is 2.81 bits per heavy atom. The first-order chi connectivity index (χ1) is 13.2. The Kier molecular flexibility index (Phi) is 4.55. The summed E-state index contributed by atoms with van der Waals surface area (Å²) in [5, 5.41) is 2.68. The predicted molar refractivity (Wildman–Crippen MR) is 98.7 cm³/mol. The monoisotopic (exact) mass is 366 g/mol. The number of amides is 1. The Morgan fingerprint density at radius 2 is 2.11 bits per heavy atom. The Hall–Kier alpha value is -3.26. The van der Waals surface area contributed by atoms with Crippen LogP contribution >= 0.6 is 0 Å². The maximum absolute atomic E-state index is 12.3. The molecule has 3 aromatic rings. The van der Waals surface area contributed by atoms with Crippen molar-refractivity contribution in [2.75, 3.05) is 25.6 Å². The number of carbonyl (C=O) groups is 1. The van der Waals surface area contributed by atoms with E-state index in [1.807, 2.05) is 18.2 Å². The number of carbonyl (C=O) groups excluding carboxylic acids is 1. The summed E-state index contributed by atoms with van der Waals surface area (Å²) in [5.74, 6) is 0.980. The molecule has 0 aliphatic carbocycles. The number of nitrogens with zero attached hydrogens (tertiary/aromatic N) is 3. The quantitative estimate of drug-likeness (QED) is 0.758. The van der Waals surface area contributed by atoms with Gasteiger partial charge >= 0.3 is 0 Å². The number of benzene rings is 1. The number of ether oxygens (including phenoxy) is 2. The standard InChI is InChI=1S/C19H18N4O4/c1-11-20-9-15(27-11)19(24)23-16-10-21-17-13(12-5-7-26-8-6-12)3-4-14(25-2)18(17)22-16/h3-5,9-10H,6-8H2,1-2H3,(H,22,23,24). The molecule has 4 rings (SSSR count). The highest BCUT2D eigenvalue weighted by Crippen LogP contribution is 2.32. The number of hydrogen-bond acceptors (Lipinski definition) is 7. The third-order valence-electron chi connectivity index (χ3n) is 4.28. The van der Waals surface area contributed by atoms with Crippen LogP contribution < -0.4 is 10.1 Å². The lowest BCUT2D eigenvalue weighted by atomic mass is 9.99. The second-order valence-electron chi connectivity index (χ2n) is 6.02. The summed E-state index contributed by atoms with van der Waals surface area (Å²) in [7, 11) is 1.58. The zero-order valence-electron chi connectivity index (χ0n) is 15.0. The van der Waals surface area contributed by atoms with Crippen LogP contribution in [-0.2, 0) is 4.74 Å². The first-order valence-corrected chi connectivity index (χ1v) is 8.50. The van der Waals surface area contributed by atoms with E-state index in [0.29, 0.717) is 36.2 Å². The number of anilines is 1. The molecule has 1 aliphatic rings. The summed E-state index contributed by atoms with van der Waals surface area (Å²) in [5.41, 5.74) is 3.45. The molecule has 1 N–H and O–H groups in total. The van der Waals surface area contributed by atoms with Gasteiger partial charge in [0, 0.05) is 12.5 Å². The Morgan fingerprint density at radius 1 is 1.22 bits per heavy atom. The normalized spacial score (nSPS) is 14.1. The molecule has 2 aromatic heterocycles. The van der Waals surface area contributed by atoms with E-state index in [-0.39, 0.29) is 5.76 Å². The molecule has 8 nitrogen and oxygen atoms in total. The molecule has 0 fully saturated rings. The summed E-state index contributed by atoms with van der Waals surface area (Å²) in [6, 6.07) is 3.83. The van der Waals surface area contributed by atoms with Gasteiger partial charge in [0.15, 0.2) is 11.7 Å². The minimum absolute atomic E-state index is 0.113. The van der Waals surface area contributed by atoms with Gasteiger partial charge in [-0.05, 0) is 24.1 Å². The third kappa shape index (κ3) is 3.39. The van der Waals surface area contributed by atoms with Gasteiger partial charge in [-0.3, -0.25) is 4.79 Å². The fourth-order valence-electron chi connectivity index (χ4n) is 2.97. The second-order valence-corrected chi connectivity index (χ2v) is 6.02. The second kappa shape index (κ2) is 7.16. The summed E-state index contributed by atoms with van der Waals surface area (Å²) < 4.78 is 16.0. The van der Waals surface area contributed by atoms with Crippen LogP contribution in [0.15, 0.2) is 35.0 Å². The SMILES string of the molecule is COc1ccc(C2=CCOCC2)c2ncc(NC(=O)c3cnc(C)o3)nc12. The summed E-state index contributed by atoms with van der Waals surface area (Å²) in [6.07, 6.45) is 5.75. The average molecular weight is 366 g/mol. The highest BCUT2D eigenvalue weighted by atomic mass is 16.5. The van der Waals surface area contributed by atoms with E-state index in [1.165, 1.54) is 12.4 Å². The van der Waals surface area contributed by atoms with Gasteiger partial charge in [0.05, 0.1) is 32.7 Å². The van der Waals surface area contributed by atoms with Crippen molar-refractivity contribution in [3.05, 3.63) is 47.8 Å². The number of aryl methyl sites for hydroxylation is 1. The Labute approximate surface area is 155 Å². The summed E-state index contributed by atoms with van der Waals surface area (Å²) >= 11 is 0. The van der Waals surface area contributed by atoms with E-state index in [2.05, 4.69) is 20.3 Å². The van der Waals surface area contributed by atoms with Gasteiger partial charge in [0.2, 0.25) is 5.76 Å². The lowest BCUT2D eigenvalue weighted by Crippen LogP contribution is -2.13. The number of nitrogens with one attached hydrogen (secondary N) is 1. The topological polar surface area (TPSA) is 99.4 Å². The molecule has 0 atom stereocenters. The first-order valence-electron chi connectivity index (χ1n) is 8.50. The van der Waals surface area contributed by atoms with Crippen LogP contribution in [0.3, 0.4) is 0 Å². The third-order valence-corrected chi connectivity index (χ3v) is 4.28. The fraction of sp³-hybridized carbons (Fsp3) is 0.263. The molecule has 138 valence electrons. The molecule has 0 unspecified atom stereocenters. The number of rotatable bonds is 4. The van der Waals surface area contributed by atoms with Crippen molar-refractivity contribution in [3.8, 4) is 5.75 Å². The van der Waals surface area contributed by atoms with Crippen molar-refractivity contribution in [2.45, 2.75) is 13.3 Å². The van der Waals surface area contributed by atoms with Crippen LogP contribution in [0.5, 0.6) is 5.75 Å². The molecule has 0 saturated carbocycles. The number of methoxy groups -OCH3 is 1. The van der Waals surface area contributed by atoms with Crippen LogP contribution in [0.1, 0.15) is 28.4 Å². The van der Waals surface area contributed by atoms with Crippen LogP contribution in [0.4, 0.5) is 5.82 Å². The van der Waals surface area contributed by atoms with Crippen molar-refractivity contribution in [3.63, 3.8) is 0 Å². The highest BCUT2D eigenvalue weighted by molar-refractivity contribution is 6.02. The highest BCUT2D eigenvalue weighted by Gasteiger charge is 2.17. The van der Waals surface area contributed by atoms with Crippen molar-refractivity contribution >= 4 is 28.3 Å². The molecule has 0 spiro atoms. The first kappa shape index (κ1) is 17.2. The minimum atomic E-state index is -0.438. The number of oxazole rings is 1. The van der Waals surface area contributed by atoms with Crippen LogP contribution in [-0.4, -0.2) is 41.2 Å². The van der Waals surface area contributed by atoms with E-state index in [0.717, 1.165) is 23.1 Å². The number of fused-ring (bicyclic) bond motifs is 1. The van der Waals surface area contributed by atoms with Crippen LogP contribution in [0.25, 0.3) is 16.6 Å². The molecule has 0 bridgehead atoms. The van der Waals surface area contributed by atoms with Gasteiger partial charge in [-0.25, -0.2) is 15.0 Å². The molecular weight excluding hydrogens is 348 g/mol. The van der Waals surface area contributed by atoms with Gasteiger partial charge in [0.25, 0.3) is 5.91 Å². The average Bonchev–Trinajstić information content (AvgIpc) is 3.14. The lowest BCUT2D eigenvalue weighted by Gasteiger charge is -2.16. The fourth-order valence-corrected chi connectivity index (χ4v) is 2.97. The van der Waals surface area contributed by atoms with E-state index >= 15 is 0 Å². The number of aromatic nitrogens is 3. The zero-order valence-corrected chi connectivity index (χ0v) is 15.0. The molecule has 1 amide bonds. The molecule has 8 heteroatoms. The smallest absolute Gasteiger partial charge is 0.294 e. The van der Waals surface area contributed by atoms with Gasteiger partial charge in [-0.2, -0.15) is 0 Å². The van der Waals surface area contributed by atoms with Gasteiger partial charge in [0.1, 0.15) is 16.8 Å². The molecule has 1 aromatic carbocycles. The summed E-state index contributed by atoms with van der Waals surface area (Å²) in [4.78, 5) is 25.3. The molecule has 3 heterocycles. The van der Waals surface area contributed by atoms with Crippen molar-refractivity contribution in [1.82, 2.24) is 15.0 Å². The van der Waals surface area contributed by atoms with Crippen molar-refractivity contribution in [1.29, 1.82) is 0 Å². The minimum Gasteiger partial charge on any atom is -0.494 e. The largest absolute Gasteiger partial charge is 0.494 e. The van der Waals surface area contributed by atoms with Gasteiger partial charge in [-0.1, -0.05) is 6.08 Å². The van der Waals surface area contributed by atoms with E-state index in [4.69, 9.17) is 13.9 Å². The lowest BCUT2D eigenvalue weighted by molar-refractivity contribution is 0.0995. The van der Waals surface area contributed by atoms with Crippen molar-refractivity contribution < 1.29 is 18.7 Å². The Bertz CT molecular complexity index is 1040. The van der Waals surface area contributed by atoms with Gasteiger partial charge < -0.3 is 19.2 Å². The summed E-state index contributed by atoms with van der Waals surface area (Å²) in [6.45, 7) is 2.93. The number of hydrogen-bond donors (Lipinski definition) is 1. The van der Waals surface area contributed by atoms with E-state index in [9.17, 15) is 4.79 Å². The Balaban J connectivity index is 1.72. The van der Waals surface area contributed by atoms with Crippen LogP contribution in [0.2, 0.25) is 0 Å². The van der Waals surface area contributed by atoms with Crippen molar-refractivity contribution in [2.24, 2.45) is 0 Å².